The van der Waals surface area contributed by atoms with Crippen LogP contribution >= 0.6 is 22.9 Å². The van der Waals surface area contributed by atoms with Gasteiger partial charge in [-0.1, -0.05) is 16.8 Å². The van der Waals surface area contributed by atoms with E-state index in [1.165, 1.54) is 0 Å². The second kappa shape index (κ2) is 5.40. The zero-order valence-corrected chi connectivity index (χ0v) is 13.9. The number of pyridine rings is 2. The van der Waals surface area contributed by atoms with Crippen LogP contribution < -0.4 is 0 Å². The Morgan fingerprint density at radius 2 is 2.04 bits per heavy atom. The summed E-state index contributed by atoms with van der Waals surface area (Å²) in [4.78, 5) is 14.3. The molecule has 4 aromatic heterocycles. The Kier molecular flexibility index (Phi) is 3.36. The molecule has 0 atom stereocenters. The van der Waals surface area contributed by atoms with Crippen LogP contribution in [0, 0.1) is 13.8 Å². The zero-order chi connectivity index (χ0) is 16.0. The van der Waals surface area contributed by atoms with Crippen molar-refractivity contribution in [3.63, 3.8) is 0 Å². The Morgan fingerprint density at radius 3 is 2.83 bits per heavy atom. The molecule has 0 bridgehead atoms. The van der Waals surface area contributed by atoms with Crippen molar-refractivity contribution >= 4 is 34.0 Å². The van der Waals surface area contributed by atoms with Gasteiger partial charge in [0, 0.05) is 18.0 Å². The SMILES string of the molecule is Cc1nc(-c2cccnc2)sc1-c1cc(Cl)c2c(C)noc2n1. The highest BCUT2D eigenvalue weighted by molar-refractivity contribution is 7.18. The number of rotatable bonds is 2. The monoisotopic (exact) mass is 342 g/mol. The lowest BCUT2D eigenvalue weighted by atomic mass is 10.2. The number of halogens is 1. The summed E-state index contributed by atoms with van der Waals surface area (Å²) in [6.45, 7) is 3.80. The molecule has 0 saturated carbocycles. The summed E-state index contributed by atoms with van der Waals surface area (Å²) in [7, 11) is 0. The van der Waals surface area contributed by atoms with E-state index in [4.69, 9.17) is 16.1 Å². The third-order valence-corrected chi connectivity index (χ3v) is 5.03. The van der Waals surface area contributed by atoms with Crippen molar-refractivity contribution in [2.45, 2.75) is 13.8 Å². The highest BCUT2D eigenvalue weighted by Crippen LogP contribution is 2.37. The molecule has 0 fully saturated rings. The van der Waals surface area contributed by atoms with Gasteiger partial charge in [-0.2, -0.15) is 0 Å². The van der Waals surface area contributed by atoms with Crippen molar-refractivity contribution in [1.82, 2.24) is 20.1 Å². The number of hydrogen-bond donors (Lipinski definition) is 0. The highest BCUT2D eigenvalue weighted by atomic mass is 35.5. The molecule has 4 aromatic rings. The molecule has 23 heavy (non-hydrogen) atoms. The van der Waals surface area contributed by atoms with Crippen LogP contribution in [0.25, 0.3) is 32.2 Å². The lowest BCUT2D eigenvalue weighted by molar-refractivity contribution is 0.443. The predicted octanol–water partition coefficient (Wildman–Crippen LogP) is 4.68. The summed E-state index contributed by atoms with van der Waals surface area (Å²) in [5.41, 5.74) is 3.80. The fourth-order valence-electron chi connectivity index (χ4n) is 2.41. The van der Waals surface area contributed by atoms with E-state index in [-0.39, 0.29) is 0 Å². The van der Waals surface area contributed by atoms with Crippen molar-refractivity contribution in [3.05, 3.63) is 47.0 Å². The number of fused-ring (bicyclic) bond motifs is 1. The van der Waals surface area contributed by atoms with Gasteiger partial charge >= 0.3 is 0 Å². The molecular formula is C16H11ClN4OS. The first-order valence-corrected chi connectivity index (χ1v) is 8.13. The van der Waals surface area contributed by atoms with Crippen LogP contribution in [0.2, 0.25) is 5.02 Å². The number of hydrogen-bond acceptors (Lipinski definition) is 6. The first-order chi connectivity index (χ1) is 11.1. The van der Waals surface area contributed by atoms with Gasteiger partial charge in [0.25, 0.3) is 5.71 Å². The Bertz CT molecular complexity index is 1010. The van der Waals surface area contributed by atoms with E-state index in [0.717, 1.165) is 37.9 Å². The molecule has 0 amide bonds. The second-order valence-electron chi connectivity index (χ2n) is 5.11. The van der Waals surface area contributed by atoms with Crippen LogP contribution in [0.5, 0.6) is 0 Å². The summed E-state index contributed by atoms with van der Waals surface area (Å²) in [5.74, 6) is 0. The van der Waals surface area contributed by atoms with Crippen LogP contribution in [0.15, 0.2) is 35.1 Å². The number of nitrogens with zero attached hydrogens (tertiary/aromatic N) is 4. The van der Waals surface area contributed by atoms with E-state index in [9.17, 15) is 0 Å². The molecule has 0 saturated heterocycles. The van der Waals surface area contributed by atoms with E-state index in [2.05, 4.69) is 20.1 Å². The molecule has 0 aromatic carbocycles. The van der Waals surface area contributed by atoms with E-state index in [0.29, 0.717) is 10.7 Å². The van der Waals surface area contributed by atoms with E-state index in [1.54, 1.807) is 23.7 Å². The summed E-state index contributed by atoms with van der Waals surface area (Å²) in [6, 6.07) is 5.71. The largest absolute Gasteiger partial charge is 0.335 e. The van der Waals surface area contributed by atoms with Crippen molar-refractivity contribution in [1.29, 1.82) is 0 Å². The van der Waals surface area contributed by atoms with E-state index < -0.39 is 0 Å². The first-order valence-electron chi connectivity index (χ1n) is 6.94. The molecule has 0 spiro atoms. The Labute approximate surface area is 141 Å². The number of thiazole rings is 1. The smallest absolute Gasteiger partial charge is 0.260 e. The Morgan fingerprint density at radius 1 is 1.17 bits per heavy atom. The molecule has 0 aliphatic rings. The topological polar surface area (TPSA) is 64.7 Å². The zero-order valence-electron chi connectivity index (χ0n) is 12.4. The molecule has 7 heteroatoms. The van der Waals surface area contributed by atoms with Crippen molar-refractivity contribution in [2.75, 3.05) is 0 Å². The molecule has 0 radical (unpaired) electrons. The molecule has 4 heterocycles. The molecule has 0 aliphatic heterocycles. The summed E-state index contributed by atoms with van der Waals surface area (Å²) >= 11 is 7.92. The van der Waals surface area contributed by atoms with Crippen LogP contribution in [0.3, 0.4) is 0 Å². The second-order valence-corrected chi connectivity index (χ2v) is 6.52. The van der Waals surface area contributed by atoms with Gasteiger partial charge in [0.1, 0.15) is 5.01 Å². The lowest BCUT2D eigenvalue weighted by Crippen LogP contribution is -1.85. The van der Waals surface area contributed by atoms with E-state index >= 15 is 0 Å². The third-order valence-electron chi connectivity index (χ3n) is 3.51. The van der Waals surface area contributed by atoms with Gasteiger partial charge in [0.15, 0.2) is 0 Å². The van der Waals surface area contributed by atoms with Gasteiger partial charge in [-0.25, -0.2) is 9.97 Å². The number of aromatic nitrogens is 4. The van der Waals surface area contributed by atoms with Crippen molar-refractivity contribution in [3.8, 4) is 21.1 Å². The van der Waals surface area contributed by atoms with E-state index in [1.807, 2.05) is 32.0 Å². The summed E-state index contributed by atoms with van der Waals surface area (Å²) < 4.78 is 5.25. The summed E-state index contributed by atoms with van der Waals surface area (Å²) in [6.07, 6.45) is 3.54. The van der Waals surface area contributed by atoms with Gasteiger partial charge in [0.2, 0.25) is 0 Å². The fourth-order valence-corrected chi connectivity index (χ4v) is 3.74. The Hall–Kier alpha value is -2.31. The van der Waals surface area contributed by atoms with Crippen LogP contribution in [0.4, 0.5) is 0 Å². The number of aryl methyl sites for hydroxylation is 2. The Balaban J connectivity index is 1.87. The first kappa shape index (κ1) is 14.3. The quantitative estimate of drug-likeness (QED) is 0.529. The molecule has 0 unspecified atom stereocenters. The molecule has 0 aliphatic carbocycles. The maximum absolute atomic E-state index is 6.37. The molecule has 114 valence electrons. The fraction of sp³-hybridized carbons (Fsp3) is 0.125. The van der Waals surface area contributed by atoms with Gasteiger partial charge in [-0.15, -0.1) is 11.3 Å². The highest BCUT2D eigenvalue weighted by Gasteiger charge is 2.17. The maximum atomic E-state index is 6.37. The molecule has 0 N–H and O–H groups in total. The minimum absolute atomic E-state index is 0.445. The van der Waals surface area contributed by atoms with Crippen molar-refractivity contribution in [2.24, 2.45) is 0 Å². The standard InChI is InChI=1S/C16H11ClN4OS/c1-8-13-11(17)6-12(20-15(13)22-21-8)14-9(2)19-16(23-14)10-4-3-5-18-7-10/h3-7H,1-2H3. The molecular weight excluding hydrogens is 332 g/mol. The van der Waals surface area contributed by atoms with Gasteiger partial charge in [0.05, 0.1) is 32.4 Å². The predicted molar refractivity (Wildman–Crippen MR) is 90.6 cm³/mol. The minimum atomic E-state index is 0.445. The lowest BCUT2D eigenvalue weighted by Gasteiger charge is -1.99. The van der Waals surface area contributed by atoms with Crippen LogP contribution in [-0.4, -0.2) is 20.1 Å². The van der Waals surface area contributed by atoms with Gasteiger partial charge in [-0.05, 0) is 32.0 Å². The average molecular weight is 343 g/mol. The average Bonchev–Trinajstić information content (AvgIpc) is 3.12. The molecule has 5 nitrogen and oxygen atoms in total. The summed E-state index contributed by atoms with van der Waals surface area (Å²) in [5, 5.41) is 6.16. The van der Waals surface area contributed by atoms with Gasteiger partial charge < -0.3 is 4.52 Å². The maximum Gasteiger partial charge on any atom is 0.260 e. The molecule has 4 rings (SSSR count). The third kappa shape index (κ3) is 2.40. The van der Waals surface area contributed by atoms with Crippen molar-refractivity contribution < 1.29 is 4.52 Å². The van der Waals surface area contributed by atoms with Gasteiger partial charge in [-0.3, -0.25) is 4.98 Å². The van der Waals surface area contributed by atoms with Crippen LogP contribution in [0.1, 0.15) is 11.4 Å². The normalized spacial score (nSPS) is 11.3. The van der Waals surface area contributed by atoms with Crippen LogP contribution in [-0.2, 0) is 0 Å². The minimum Gasteiger partial charge on any atom is -0.335 e.